The number of fused-ring (bicyclic) bond motifs is 1. The lowest BCUT2D eigenvalue weighted by molar-refractivity contribution is -0.116. The van der Waals surface area contributed by atoms with Crippen LogP contribution in [0.5, 0.6) is 0 Å². The fraction of sp³-hybridized carbons (Fsp3) is 0.133. The molecule has 0 bridgehead atoms. The van der Waals surface area contributed by atoms with Crippen LogP contribution < -0.4 is 10.9 Å². The fourth-order valence-electron chi connectivity index (χ4n) is 2.11. The van der Waals surface area contributed by atoms with Gasteiger partial charge in [-0.1, -0.05) is 29.3 Å². The molecule has 0 aliphatic carbocycles. The van der Waals surface area contributed by atoms with Gasteiger partial charge in [-0.2, -0.15) is 0 Å². The number of carbonyl (C=O) groups excluding carboxylic acids is 1. The topological polar surface area (TPSA) is 64.0 Å². The summed E-state index contributed by atoms with van der Waals surface area (Å²) in [4.78, 5) is 29.3. The molecule has 0 unspecified atom stereocenters. The number of nitrogens with one attached hydrogen (secondary N) is 1. The van der Waals surface area contributed by atoms with Crippen molar-refractivity contribution in [2.24, 2.45) is 0 Å². The van der Waals surface area contributed by atoms with Crippen molar-refractivity contribution in [1.29, 1.82) is 0 Å². The van der Waals surface area contributed by atoms with Crippen LogP contribution >= 0.6 is 34.5 Å². The van der Waals surface area contributed by atoms with Crippen molar-refractivity contribution in [3.63, 3.8) is 0 Å². The number of carbonyl (C=O) groups is 1. The number of amides is 1. The molecule has 0 fully saturated rings. The van der Waals surface area contributed by atoms with Crippen LogP contribution in [0, 0.1) is 6.92 Å². The van der Waals surface area contributed by atoms with E-state index >= 15 is 0 Å². The minimum absolute atomic E-state index is 0.168. The van der Waals surface area contributed by atoms with Gasteiger partial charge in [-0.25, -0.2) is 4.98 Å². The molecular weight excluding hydrogens is 357 g/mol. The number of anilines is 1. The Hall–Kier alpha value is -1.89. The van der Waals surface area contributed by atoms with Gasteiger partial charge in [0, 0.05) is 0 Å². The zero-order chi connectivity index (χ0) is 16.6. The molecular formula is C15H11Cl2N3O2S. The highest BCUT2D eigenvalue weighted by atomic mass is 35.5. The molecule has 0 aliphatic heterocycles. The predicted octanol–water partition coefficient (Wildman–Crippen LogP) is 3.71. The molecule has 1 amide bonds. The standard InChI is InChI=1S/C15H11Cl2N3O2S/c1-8-2-3-10(16)13(12(8)17)19-11(21)6-20-7-18-14-9(15(20)22)4-5-23-14/h2-5,7H,6H2,1H3,(H,19,21). The average Bonchev–Trinajstić information content (AvgIpc) is 3.00. The number of hydrogen-bond acceptors (Lipinski definition) is 4. The van der Waals surface area contributed by atoms with Gasteiger partial charge in [0.1, 0.15) is 11.4 Å². The van der Waals surface area contributed by atoms with Gasteiger partial charge in [0.25, 0.3) is 5.56 Å². The molecule has 0 spiro atoms. The van der Waals surface area contributed by atoms with Crippen molar-refractivity contribution in [3.8, 4) is 0 Å². The Balaban J connectivity index is 1.86. The number of benzene rings is 1. The summed E-state index contributed by atoms with van der Waals surface area (Å²) in [7, 11) is 0. The number of hydrogen-bond donors (Lipinski definition) is 1. The third-order valence-electron chi connectivity index (χ3n) is 3.31. The number of rotatable bonds is 3. The van der Waals surface area contributed by atoms with Crippen molar-refractivity contribution < 1.29 is 4.79 Å². The minimum atomic E-state index is -0.405. The smallest absolute Gasteiger partial charge is 0.262 e. The van der Waals surface area contributed by atoms with E-state index < -0.39 is 5.91 Å². The maximum Gasteiger partial charge on any atom is 0.262 e. The number of aryl methyl sites for hydroxylation is 1. The summed E-state index contributed by atoms with van der Waals surface area (Å²) in [5, 5.41) is 5.65. The molecule has 1 N–H and O–H groups in total. The highest BCUT2D eigenvalue weighted by Crippen LogP contribution is 2.32. The number of thiophene rings is 1. The van der Waals surface area contributed by atoms with Crippen LogP contribution in [0.3, 0.4) is 0 Å². The zero-order valence-corrected chi connectivity index (χ0v) is 14.3. The summed E-state index contributed by atoms with van der Waals surface area (Å²) in [6.07, 6.45) is 1.36. The maximum absolute atomic E-state index is 12.3. The van der Waals surface area contributed by atoms with Gasteiger partial charge in [-0.05, 0) is 30.0 Å². The third kappa shape index (κ3) is 3.10. The summed E-state index contributed by atoms with van der Waals surface area (Å²) in [5.41, 5.74) is 0.883. The second-order valence-electron chi connectivity index (χ2n) is 4.92. The second-order valence-corrected chi connectivity index (χ2v) is 6.60. The molecule has 3 rings (SSSR count). The molecule has 0 atom stereocenters. The van der Waals surface area contributed by atoms with Crippen LogP contribution in [0.1, 0.15) is 5.56 Å². The van der Waals surface area contributed by atoms with E-state index in [4.69, 9.17) is 23.2 Å². The molecule has 0 radical (unpaired) electrons. The number of nitrogens with zero attached hydrogens (tertiary/aromatic N) is 2. The summed E-state index contributed by atoms with van der Waals surface area (Å²) in [6, 6.07) is 5.11. The summed E-state index contributed by atoms with van der Waals surface area (Å²) >= 11 is 13.6. The first-order valence-electron chi connectivity index (χ1n) is 6.64. The molecule has 118 valence electrons. The molecule has 5 nitrogen and oxygen atoms in total. The Bertz CT molecular complexity index is 965. The third-order valence-corrected chi connectivity index (χ3v) is 4.94. The Morgan fingerprint density at radius 2 is 2.13 bits per heavy atom. The average molecular weight is 368 g/mol. The lowest BCUT2D eigenvalue weighted by atomic mass is 10.2. The molecule has 0 saturated carbocycles. The van der Waals surface area contributed by atoms with E-state index in [9.17, 15) is 9.59 Å². The van der Waals surface area contributed by atoms with E-state index in [0.717, 1.165) is 5.56 Å². The van der Waals surface area contributed by atoms with Crippen molar-refractivity contribution in [2.45, 2.75) is 13.5 Å². The molecule has 2 aromatic heterocycles. The first-order valence-corrected chi connectivity index (χ1v) is 8.28. The van der Waals surface area contributed by atoms with Gasteiger partial charge in [0.15, 0.2) is 0 Å². The van der Waals surface area contributed by atoms with Crippen LogP contribution in [0.4, 0.5) is 5.69 Å². The van der Waals surface area contributed by atoms with E-state index in [1.165, 1.54) is 22.2 Å². The quantitative estimate of drug-likeness (QED) is 0.767. The van der Waals surface area contributed by atoms with E-state index in [-0.39, 0.29) is 12.1 Å². The largest absolute Gasteiger partial charge is 0.322 e. The van der Waals surface area contributed by atoms with Crippen molar-refractivity contribution in [1.82, 2.24) is 9.55 Å². The highest BCUT2D eigenvalue weighted by molar-refractivity contribution is 7.16. The lowest BCUT2D eigenvalue weighted by Crippen LogP contribution is -2.27. The maximum atomic E-state index is 12.3. The Labute approximate surface area is 145 Å². The Kier molecular flexibility index (Phi) is 4.39. The normalized spacial score (nSPS) is 10.9. The molecule has 8 heteroatoms. The van der Waals surface area contributed by atoms with Crippen LogP contribution in [0.25, 0.3) is 10.2 Å². The minimum Gasteiger partial charge on any atom is -0.322 e. The summed E-state index contributed by atoms with van der Waals surface area (Å²) < 4.78 is 1.25. The van der Waals surface area contributed by atoms with Crippen LogP contribution in [-0.2, 0) is 11.3 Å². The van der Waals surface area contributed by atoms with Crippen molar-refractivity contribution >= 4 is 56.3 Å². The lowest BCUT2D eigenvalue weighted by Gasteiger charge is -2.11. The first kappa shape index (κ1) is 16.0. The van der Waals surface area contributed by atoms with E-state index in [1.54, 1.807) is 23.6 Å². The first-order chi connectivity index (χ1) is 11.0. The molecule has 2 heterocycles. The van der Waals surface area contributed by atoms with Crippen molar-refractivity contribution in [3.05, 3.63) is 55.9 Å². The van der Waals surface area contributed by atoms with Crippen LogP contribution in [-0.4, -0.2) is 15.5 Å². The SMILES string of the molecule is Cc1ccc(Cl)c(NC(=O)Cn2cnc3sccc3c2=O)c1Cl. The van der Waals surface area contributed by atoms with Gasteiger partial charge in [-0.3, -0.25) is 14.2 Å². The van der Waals surface area contributed by atoms with Gasteiger partial charge in [0.2, 0.25) is 5.91 Å². The fourth-order valence-corrected chi connectivity index (χ4v) is 3.30. The zero-order valence-electron chi connectivity index (χ0n) is 12.0. The number of aromatic nitrogens is 2. The van der Waals surface area contributed by atoms with Gasteiger partial charge in [0.05, 0.1) is 27.4 Å². The highest BCUT2D eigenvalue weighted by Gasteiger charge is 2.13. The van der Waals surface area contributed by atoms with E-state index in [0.29, 0.717) is 25.9 Å². The Morgan fingerprint density at radius 1 is 1.35 bits per heavy atom. The van der Waals surface area contributed by atoms with Gasteiger partial charge in [-0.15, -0.1) is 11.3 Å². The summed E-state index contributed by atoms with van der Waals surface area (Å²) in [6.45, 7) is 1.64. The second kappa shape index (κ2) is 6.31. The molecule has 23 heavy (non-hydrogen) atoms. The molecule has 3 aromatic rings. The monoisotopic (exact) mass is 367 g/mol. The summed E-state index contributed by atoms with van der Waals surface area (Å²) in [5.74, 6) is -0.405. The van der Waals surface area contributed by atoms with E-state index in [2.05, 4.69) is 10.3 Å². The van der Waals surface area contributed by atoms with Crippen molar-refractivity contribution in [2.75, 3.05) is 5.32 Å². The van der Waals surface area contributed by atoms with Crippen LogP contribution in [0.15, 0.2) is 34.7 Å². The molecule has 0 saturated heterocycles. The number of halogens is 2. The predicted molar refractivity (Wildman–Crippen MR) is 93.7 cm³/mol. The van der Waals surface area contributed by atoms with E-state index in [1.807, 2.05) is 6.92 Å². The molecule has 0 aliphatic rings. The Morgan fingerprint density at radius 3 is 2.91 bits per heavy atom. The van der Waals surface area contributed by atoms with Gasteiger partial charge < -0.3 is 5.32 Å². The molecule has 1 aromatic carbocycles. The van der Waals surface area contributed by atoms with Crippen LogP contribution in [0.2, 0.25) is 10.0 Å². The van der Waals surface area contributed by atoms with Gasteiger partial charge >= 0.3 is 0 Å².